The normalized spacial score (nSPS) is 26.9. The molecule has 2 aliphatic heterocycles. The van der Waals surface area contributed by atoms with Crippen LogP contribution >= 0.6 is 0 Å². The van der Waals surface area contributed by atoms with Crippen LogP contribution in [0.25, 0.3) is 0 Å². The Bertz CT molecular complexity index is 269. The molecule has 2 saturated heterocycles. The van der Waals surface area contributed by atoms with E-state index in [0.29, 0.717) is 12.1 Å². The fraction of sp³-hybridized carbons (Fsp3) is 1.00. The predicted molar refractivity (Wildman–Crippen MR) is 88.6 cm³/mol. The molecular weight excluding hydrogens is 262 g/mol. The maximum absolute atomic E-state index is 5.75. The lowest BCUT2D eigenvalue weighted by atomic mass is 10.1. The van der Waals surface area contributed by atoms with Gasteiger partial charge in [-0.05, 0) is 71.1 Å². The van der Waals surface area contributed by atoms with Gasteiger partial charge in [-0.15, -0.1) is 0 Å². The standard InChI is InChI=1S/C17H35N3O/c1-2-16(8-9-18)20-12-5-11-19(13-14-20)10-3-6-17-7-4-15-21-17/h16-17H,2-15,18H2,1H3. The van der Waals surface area contributed by atoms with Crippen molar-refractivity contribution in [3.63, 3.8) is 0 Å². The maximum atomic E-state index is 5.75. The van der Waals surface area contributed by atoms with Crippen LogP contribution in [0.1, 0.15) is 51.9 Å². The molecule has 0 radical (unpaired) electrons. The van der Waals surface area contributed by atoms with Crippen molar-refractivity contribution in [3.8, 4) is 0 Å². The zero-order valence-corrected chi connectivity index (χ0v) is 13.9. The minimum atomic E-state index is 0.558. The number of nitrogens with zero attached hydrogens (tertiary/aromatic N) is 2. The van der Waals surface area contributed by atoms with Gasteiger partial charge in [-0.2, -0.15) is 0 Å². The molecule has 0 aromatic heterocycles. The Kier molecular flexibility index (Phi) is 8.01. The molecule has 4 heteroatoms. The van der Waals surface area contributed by atoms with Gasteiger partial charge in [0.05, 0.1) is 6.10 Å². The van der Waals surface area contributed by atoms with Crippen molar-refractivity contribution in [1.82, 2.24) is 9.80 Å². The summed E-state index contributed by atoms with van der Waals surface area (Å²) < 4.78 is 5.72. The number of rotatable bonds is 8. The second kappa shape index (κ2) is 9.78. The molecule has 2 aliphatic rings. The summed E-state index contributed by atoms with van der Waals surface area (Å²) in [6.07, 6.45) is 9.35. The number of ether oxygens (including phenoxy) is 1. The highest BCUT2D eigenvalue weighted by Gasteiger charge is 2.21. The molecule has 124 valence electrons. The van der Waals surface area contributed by atoms with E-state index in [1.54, 1.807) is 0 Å². The topological polar surface area (TPSA) is 41.7 Å². The molecule has 2 fully saturated rings. The lowest BCUT2D eigenvalue weighted by Gasteiger charge is -2.29. The molecule has 0 spiro atoms. The lowest BCUT2D eigenvalue weighted by Crippen LogP contribution is -2.39. The monoisotopic (exact) mass is 297 g/mol. The highest BCUT2D eigenvalue weighted by molar-refractivity contribution is 4.76. The molecule has 2 rings (SSSR count). The van der Waals surface area contributed by atoms with Crippen LogP contribution < -0.4 is 5.73 Å². The van der Waals surface area contributed by atoms with E-state index in [0.717, 1.165) is 19.6 Å². The van der Waals surface area contributed by atoms with Crippen molar-refractivity contribution >= 4 is 0 Å². The largest absolute Gasteiger partial charge is 0.378 e. The molecule has 2 atom stereocenters. The zero-order valence-electron chi connectivity index (χ0n) is 13.9. The van der Waals surface area contributed by atoms with Crippen LogP contribution in [0.4, 0.5) is 0 Å². The van der Waals surface area contributed by atoms with Gasteiger partial charge in [0, 0.05) is 25.7 Å². The first kappa shape index (κ1) is 17.2. The molecule has 21 heavy (non-hydrogen) atoms. The molecule has 0 aromatic rings. The van der Waals surface area contributed by atoms with Gasteiger partial charge >= 0.3 is 0 Å². The van der Waals surface area contributed by atoms with Crippen LogP contribution in [0.3, 0.4) is 0 Å². The highest BCUT2D eigenvalue weighted by Crippen LogP contribution is 2.18. The van der Waals surface area contributed by atoms with Crippen LogP contribution in [0.5, 0.6) is 0 Å². The van der Waals surface area contributed by atoms with E-state index in [1.165, 1.54) is 71.2 Å². The Morgan fingerprint density at radius 1 is 1.19 bits per heavy atom. The highest BCUT2D eigenvalue weighted by atomic mass is 16.5. The maximum Gasteiger partial charge on any atom is 0.0576 e. The van der Waals surface area contributed by atoms with Crippen molar-refractivity contribution in [3.05, 3.63) is 0 Å². The summed E-state index contributed by atoms with van der Waals surface area (Å²) in [5.41, 5.74) is 5.75. The Hall–Kier alpha value is -0.160. The Morgan fingerprint density at radius 3 is 2.81 bits per heavy atom. The average molecular weight is 297 g/mol. The summed E-state index contributed by atoms with van der Waals surface area (Å²) in [5.74, 6) is 0. The first-order valence-electron chi connectivity index (χ1n) is 9.11. The van der Waals surface area contributed by atoms with Gasteiger partial charge < -0.3 is 15.4 Å². The fourth-order valence-electron chi connectivity index (χ4n) is 3.83. The quantitative estimate of drug-likeness (QED) is 0.745. The molecule has 2 N–H and O–H groups in total. The Labute approximate surface area is 131 Å². The minimum Gasteiger partial charge on any atom is -0.378 e. The fourth-order valence-corrected chi connectivity index (χ4v) is 3.83. The second-order valence-electron chi connectivity index (χ2n) is 6.65. The molecule has 4 nitrogen and oxygen atoms in total. The summed E-state index contributed by atoms with van der Waals surface area (Å²) in [7, 11) is 0. The van der Waals surface area contributed by atoms with Gasteiger partial charge in [-0.3, -0.25) is 4.90 Å². The van der Waals surface area contributed by atoms with Crippen molar-refractivity contribution in [2.45, 2.75) is 64.0 Å². The third-order valence-electron chi connectivity index (χ3n) is 5.14. The first-order valence-corrected chi connectivity index (χ1v) is 9.11. The van der Waals surface area contributed by atoms with E-state index in [9.17, 15) is 0 Å². The molecule has 0 aliphatic carbocycles. The van der Waals surface area contributed by atoms with Gasteiger partial charge in [0.2, 0.25) is 0 Å². The van der Waals surface area contributed by atoms with Gasteiger partial charge in [0.1, 0.15) is 0 Å². The van der Waals surface area contributed by atoms with Gasteiger partial charge in [0.15, 0.2) is 0 Å². The number of hydrogen-bond donors (Lipinski definition) is 1. The molecule has 2 unspecified atom stereocenters. The molecule has 0 amide bonds. The molecule has 0 saturated carbocycles. The second-order valence-corrected chi connectivity index (χ2v) is 6.65. The molecule has 0 aromatic carbocycles. The van der Waals surface area contributed by atoms with E-state index in [1.807, 2.05) is 0 Å². The Balaban J connectivity index is 1.65. The summed E-state index contributed by atoms with van der Waals surface area (Å²) >= 11 is 0. The van der Waals surface area contributed by atoms with E-state index in [2.05, 4.69) is 16.7 Å². The smallest absolute Gasteiger partial charge is 0.0576 e. The van der Waals surface area contributed by atoms with Crippen LogP contribution in [0.2, 0.25) is 0 Å². The summed E-state index contributed by atoms with van der Waals surface area (Å²) in [4.78, 5) is 5.33. The lowest BCUT2D eigenvalue weighted by molar-refractivity contribution is 0.0987. The molecular formula is C17H35N3O. The number of hydrogen-bond acceptors (Lipinski definition) is 4. The molecule has 0 bridgehead atoms. The molecule has 2 heterocycles. The minimum absolute atomic E-state index is 0.558. The van der Waals surface area contributed by atoms with Crippen LogP contribution in [-0.4, -0.2) is 67.8 Å². The van der Waals surface area contributed by atoms with Crippen LogP contribution in [-0.2, 0) is 4.74 Å². The predicted octanol–water partition coefficient (Wildman–Crippen LogP) is 2.08. The first-order chi connectivity index (χ1) is 10.3. The van der Waals surface area contributed by atoms with E-state index in [4.69, 9.17) is 10.5 Å². The number of nitrogens with two attached hydrogens (primary N) is 1. The van der Waals surface area contributed by atoms with Gasteiger partial charge in [0.25, 0.3) is 0 Å². The third kappa shape index (κ3) is 5.85. The van der Waals surface area contributed by atoms with Crippen molar-refractivity contribution < 1.29 is 4.74 Å². The SMILES string of the molecule is CCC(CCN)N1CCCN(CCCC2CCCO2)CC1. The van der Waals surface area contributed by atoms with E-state index < -0.39 is 0 Å². The van der Waals surface area contributed by atoms with Gasteiger partial charge in [-0.25, -0.2) is 0 Å². The van der Waals surface area contributed by atoms with E-state index >= 15 is 0 Å². The summed E-state index contributed by atoms with van der Waals surface area (Å²) in [6.45, 7) is 10.3. The zero-order chi connectivity index (χ0) is 14.9. The summed E-state index contributed by atoms with van der Waals surface area (Å²) in [6, 6.07) is 0.696. The van der Waals surface area contributed by atoms with Crippen molar-refractivity contribution in [1.29, 1.82) is 0 Å². The van der Waals surface area contributed by atoms with Crippen LogP contribution in [0.15, 0.2) is 0 Å². The van der Waals surface area contributed by atoms with Gasteiger partial charge in [-0.1, -0.05) is 6.92 Å². The average Bonchev–Trinajstić information content (AvgIpc) is 2.90. The Morgan fingerprint density at radius 2 is 2.10 bits per heavy atom. The van der Waals surface area contributed by atoms with Crippen molar-refractivity contribution in [2.24, 2.45) is 5.73 Å². The van der Waals surface area contributed by atoms with Crippen LogP contribution in [0, 0.1) is 0 Å². The van der Waals surface area contributed by atoms with E-state index in [-0.39, 0.29) is 0 Å². The summed E-state index contributed by atoms with van der Waals surface area (Å²) in [5, 5.41) is 0. The van der Waals surface area contributed by atoms with Crippen molar-refractivity contribution in [2.75, 3.05) is 45.9 Å². The third-order valence-corrected chi connectivity index (χ3v) is 5.14.